The molecule has 1 aromatic heterocycles. The van der Waals surface area contributed by atoms with Crippen molar-refractivity contribution in [3.63, 3.8) is 0 Å². The Bertz CT molecular complexity index is 507. The molecule has 1 aromatic carbocycles. The van der Waals surface area contributed by atoms with Gasteiger partial charge in [0.05, 0.1) is 11.4 Å². The molecule has 0 amide bonds. The number of aromatic nitrogens is 1. The second kappa shape index (κ2) is 4.84. The molecule has 0 aliphatic carbocycles. The number of hydrogen-bond acceptors (Lipinski definition) is 3. The third-order valence-corrected chi connectivity index (χ3v) is 3.64. The van der Waals surface area contributed by atoms with E-state index in [-0.39, 0.29) is 5.82 Å². The molecule has 0 fully saturated rings. The largest absolute Gasteiger partial charge is 0.259 e. The zero-order valence-electron chi connectivity index (χ0n) is 8.64. The number of halogens is 1. The molecule has 16 heavy (non-hydrogen) atoms. The lowest BCUT2D eigenvalue weighted by Gasteiger charge is -1.95. The molecule has 0 unspecified atom stereocenters. The summed E-state index contributed by atoms with van der Waals surface area (Å²) in [7, 11) is -0.879. The fourth-order valence-corrected chi connectivity index (χ4v) is 2.80. The smallest absolute Gasteiger partial charge is 0.123 e. The normalized spacial score (nSPS) is 12.6. The van der Waals surface area contributed by atoms with Gasteiger partial charge in [-0.05, 0) is 24.3 Å². The molecule has 0 bridgehead atoms. The molecule has 0 saturated heterocycles. The molecule has 1 atom stereocenters. The zero-order chi connectivity index (χ0) is 11.5. The van der Waals surface area contributed by atoms with Gasteiger partial charge in [-0.2, -0.15) is 0 Å². The van der Waals surface area contributed by atoms with Gasteiger partial charge in [0.25, 0.3) is 0 Å². The van der Waals surface area contributed by atoms with E-state index in [2.05, 4.69) is 4.98 Å². The maximum Gasteiger partial charge on any atom is 0.123 e. The van der Waals surface area contributed by atoms with Crippen LogP contribution in [0.3, 0.4) is 0 Å². The topological polar surface area (TPSA) is 30.0 Å². The van der Waals surface area contributed by atoms with Crippen LogP contribution in [0.5, 0.6) is 0 Å². The van der Waals surface area contributed by atoms with Crippen molar-refractivity contribution in [2.45, 2.75) is 5.75 Å². The third-order valence-electron chi connectivity index (χ3n) is 1.99. The minimum atomic E-state index is -0.879. The first-order chi connectivity index (χ1) is 7.65. The van der Waals surface area contributed by atoms with Gasteiger partial charge in [0.2, 0.25) is 0 Å². The van der Waals surface area contributed by atoms with Crippen molar-refractivity contribution < 1.29 is 8.60 Å². The van der Waals surface area contributed by atoms with E-state index in [1.807, 2.05) is 5.38 Å². The summed E-state index contributed by atoms with van der Waals surface area (Å²) >= 11 is 1.48. The Balaban J connectivity index is 2.24. The predicted octanol–water partition coefficient (Wildman–Crippen LogP) is 2.83. The van der Waals surface area contributed by atoms with Crippen LogP contribution < -0.4 is 0 Å². The highest BCUT2D eigenvalue weighted by Gasteiger charge is 2.05. The summed E-state index contributed by atoms with van der Waals surface area (Å²) in [5, 5.41) is 2.72. The summed E-state index contributed by atoms with van der Waals surface area (Å²) in [5.74, 6) is 0.215. The molecule has 0 aliphatic rings. The molecule has 2 rings (SSSR count). The van der Waals surface area contributed by atoms with Gasteiger partial charge in [-0.1, -0.05) is 0 Å². The van der Waals surface area contributed by atoms with Gasteiger partial charge in [0.15, 0.2) is 0 Å². The van der Waals surface area contributed by atoms with Crippen LogP contribution in [-0.4, -0.2) is 15.4 Å². The van der Waals surface area contributed by atoms with E-state index in [4.69, 9.17) is 0 Å². The summed E-state index contributed by atoms with van der Waals surface area (Å²) in [6, 6.07) is 6.21. The number of rotatable bonds is 3. The molecular formula is C11H10FNOS2. The Hall–Kier alpha value is -1.07. The third kappa shape index (κ3) is 2.74. The molecule has 84 valence electrons. The van der Waals surface area contributed by atoms with Crippen molar-refractivity contribution >= 4 is 22.1 Å². The van der Waals surface area contributed by atoms with Crippen molar-refractivity contribution in [2.24, 2.45) is 0 Å². The molecule has 2 nitrogen and oxygen atoms in total. The minimum absolute atomic E-state index is 0.254. The molecule has 0 spiro atoms. The Morgan fingerprint density at radius 2 is 2.06 bits per heavy atom. The van der Waals surface area contributed by atoms with Crippen LogP contribution >= 0.6 is 11.3 Å². The first-order valence-electron chi connectivity index (χ1n) is 4.65. The van der Waals surface area contributed by atoms with Crippen LogP contribution in [0.15, 0.2) is 29.6 Å². The van der Waals surface area contributed by atoms with Crippen LogP contribution in [-0.2, 0) is 16.6 Å². The van der Waals surface area contributed by atoms with E-state index >= 15 is 0 Å². The fourth-order valence-electron chi connectivity index (χ4n) is 1.31. The van der Waals surface area contributed by atoms with E-state index in [9.17, 15) is 8.60 Å². The summed E-state index contributed by atoms with van der Waals surface area (Å²) in [6.45, 7) is 0. The van der Waals surface area contributed by atoms with Crippen LogP contribution in [0.25, 0.3) is 10.6 Å². The highest BCUT2D eigenvalue weighted by Crippen LogP contribution is 2.24. The second-order valence-electron chi connectivity index (χ2n) is 3.37. The SMILES string of the molecule is C[S@](=O)Cc1csc(-c2ccc(F)cc2)n1. The molecule has 0 saturated carbocycles. The average molecular weight is 255 g/mol. The molecule has 1 heterocycles. The Kier molecular flexibility index (Phi) is 3.46. The maximum atomic E-state index is 12.7. The minimum Gasteiger partial charge on any atom is -0.259 e. The van der Waals surface area contributed by atoms with Gasteiger partial charge in [-0.3, -0.25) is 4.21 Å². The maximum absolute atomic E-state index is 12.7. The van der Waals surface area contributed by atoms with Gasteiger partial charge >= 0.3 is 0 Å². The highest BCUT2D eigenvalue weighted by atomic mass is 32.2. The standard InChI is InChI=1S/C11H10FNOS2/c1-16(14)7-10-6-15-11(13-10)8-2-4-9(12)5-3-8/h2-6H,7H2,1H3/t16-/m0/s1. The van der Waals surface area contributed by atoms with Gasteiger partial charge in [0, 0.05) is 28.0 Å². The molecular weight excluding hydrogens is 245 g/mol. The average Bonchev–Trinajstić information content (AvgIpc) is 2.66. The van der Waals surface area contributed by atoms with Gasteiger partial charge < -0.3 is 0 Å². The number of thiazole rings is 1. The lowest BCUT2D eigenvalue weighted by atomic mass is 10.2. The number of hydrogen-bond donors (Lipinski definition) is 0. The Morgan fingerprint density at radius 1 is 1.38 bits per heavy atom. The predicted molar refractivity (Wildman–Crippen MR) is 65.3 cm³/mol. The summed E-state index contributed by atoms with van der Waals surface area (Å²) in [6.07, 6.45) is 1.65. The van der Waals surface area contributed by atoms with Crippen LogP contribution in [0.2, 0.25) is 0 Å². The van der Waals surface area contributed by atoms with Crippen LogP contribution in [0.1, 0.15) is 5.69 Å². The summed E-state index contributed by atoms with van der Waals surface area (Å²) in [4.78, 5) is 4.35. The second-order valence-corrected chi connectivity index (χ2v) is 5.66. The van der Waals surface area contributed by atoms with Crippen molar-refractivity contribution in [2.75, 3.05) is 6.26 Å². The van der Waals surface area contributed by atoms with Gasteiger partial charge in [-0.15, -0.1) is 11.3 Å². The lowest BCUT2D eigenvalue weighted by Crippen LogP contribution is -1.92. The van der Waals surface area contributed by atoms with Crippen molar-refractivity contribution in [3.8, 4) is 10.6 Å². The first kappa shape index (κ1) is 11.4. The Labute approximate surface area is 99.6 Å². The van der Waals surface area contributed by atoms with Crippen LogP contribution in [0, 0.1) is 5.82 Å². The van der Waals surface area contributed by atoms with E-state index in [1.54, 1.807) is 18.4 Å². The summed E-state index contributed by atoms with van der Waals surface area (Å²) < 4.78 is 23.8. The molecule has 2 aromatic rings. The molecule has 0 N–H and O–H groups in total. The highest BCUT2D eigenvalue weighted by molar-refractivity contribution is 7.83. The van der Waals surface area contributed by atoms with Gasteiger partial charge in [0.1, 0.15) is 10.8 Å². The van der Waals surface area contributed by atoms with E-state index < -0.39 is 10.8 Å². The van der Waals surface area contributed by atoms with Crippen LogP contribution in [0.4, 0.5) is 4.39 Å². The molecule has 0 radical (unpaired) electrons. The fraction of sp³-hybridized carbons (Fsp3) is 0.182. The first-order valence-corrected chi connectivity index (χ1v) is 7.26. The number of benzene rings is 1. The lowest BCUT2D eigenvalue weighted by molar-refractivity contribution is 0.628. The van der Waals surface area contributed by atoms with E-state index in [0.29, 0.717) is 5.75 Å². The number of nitrogens with zero attached hydrogens (tertiary/aromatic N) is 1. The zero-order valence-corrected chi connectivity index (χ0v) is 10.3. The summed E-state index contributed by atoms with van der Waals surface area (Å²) in [5.41, 5.74) is 1.71. The van der Waals surface area contributed by atoms with Crippen molar-refractivity contribution in [1.29, 1.82) is 0 Å². The van der Waals surface area contributed by atoms with Crippen molar-refractivity contribution in [1.82, 2.24) is 4.98 Å². The molecule has 0 aliphatic heterocycles. The van der Waals surface area contributed by atoms with Gasteiger partial charge in [-0.25, -0.2) is 9.37 Å². The quantitative estimate of drug-likeness (QED) is 0.844. The monoisotopic (exact) mass is 255 g/mol. The molecule has 5 heteroatoms. The van der Waals surface area contributed by atoms with E-state index in [1.165, 1.54) is 23.5 Å². The van der Waals surface area contributed by atoms with E-state index in [0.717, 1.165) is 16.3 Å². The Morgan fingerprint density at radius 3 is 2.69 bits per heavy atom. The van der Waals surface area contributed by atoms with Crippen molar-refractivity contribution in [3.05, 3.63) is 41.2 Å².